The van der Waals surface area contributed by atoms with E-state index in [9.17, 15) is 4.79 Å². The van der Waals surface area contributed by atoms with Gasteiger partial charge in [-0.1, -0.05) is 12.2 Å². The van der Waals surface area contributed by atoms with Crippen molar-refractivity contribution in [3.63, 3.8) is 0 Å². The number of rotatable bonds is 4. The third-order valence-electron chi connectivity index (χ3n) is 0.744. The van der Waals surface area contributed by atoms with Crippen molar-refractivity contribution in [3.8, 4) is 12.8 Å². The molecule has 0 heterocycles. The molecule has 54 valence electrons. The Hall–Kier alpha value is -1.29. The maximum absolute atomic E-state index is 10.5. The van der Waals surface area contributed by atoms with E-state index >= 15 is 0 Å². The zero-order valence-corrected chi connectivity index (χ0v) is 6.05. The van der Waals surface area contributed by atoms with Crippen molar-refractivity contribution in [1.29, 1.82) is 0 Å². The van der Waals surface area contributed by atoms with Crippen LogP contribution < -0.4 is 0 Å². The SMILES string of the molecule is C#C.C=CCC(=O)CC=C. The zero-order valence-electron chi connectivity index (χ0n) is 6.05. The third kappa shape index (κ3) is 9.86. The minimum atomic E-state index is 0.176. The molecule has 0 fully saturated rings. The van der Waals surface area contributed by atoms with E-state index in [2.05, 4.69) is 26.0 Å². The first kappa shape index (κ1) is 11.5. The number of terminal acetylenes is 1. The molecule has 0 spiro atoms. The van der Waals surface area contributed by atoms with Crippen molar-refractivity contribution in [2.45, 2.75) is 12.8 Å². The molecule has 0 amide bonds. The van der Waals surface area contributed by atoms with Gasteiger partial charge >= 0.3 is 0 Å². The van der Waals surface area contributed by atoms with Crippen LogP contribution in [-0.4, -0.2) is 5.78 Å². The molecule has 0 saturated carbocycles. The van der Waals surface area contributed by atoms with Crippen LogP contribution in [0, 0.1) is 12.8 Å². The fourth-order valence-electron chi connectivity index (χ4n) is 0.405. The monoisotopic (exact) mass is 136 g/mol. The summed E-state index contributed by atoms with van der Waals surface area (Å²) in [5.74, 6) is 0.176. The predicted octanol–water partition coefficient (Wildman–Crippen LogP) is 1.96. The third-order valence-corrected chi connectivity index (χ3v) is 0.744. The van der Waals surface area contributed by atoms with Gasteiger partial charge in [-0.25, -0.2) is 0 Å². The Kier molecular flexibility index (Phi) is 12.2. The van der Waals surface area contributed by atoms with E-state index in [1.165, 1.54) is 0 Å². The standard InChI is InChI=1S/C7H10O.C2H2/c1-3-5-7(8)6-4-2;1-2/h3-4H,1-2,5-6H2;1-2H. The van der Waals surface area contributed by atoms with E-state index in [1.807, 2.05) is 0 Å². The molecular weight excluding hydrogens is 124 g/mol. The number of hydrogen-bond donors (Lipinski definition) is 0. The van der Waals surface area contributed by atoms with Gasteiger partial charge in [-0.05, 0) is 0 Å². The first-order valence-corrected chi connectivity index (χ1v) is 2.88. The maximum atomic E-state index is 10.5. The lowest BCUT2D eigenvalue weighted by Gasteiger charge is -1.85. The zero-order chi connectivity index (χ0) is 8.41. The molecule has 0 aromatic rings. The van der Waals surface area contributed by atoms with Gasteiger partial charge in [0.1, 0.15) is 5.78 Å². The van der Waals surface area contributed by atoms with Gasteiger partial charge in [0.2, 0.25) is 0 Å². The number of carbonyl (C=O) groups excluding carboxylic acids is 1. The summed E-state index contributed by atoms with van der Waals surface area (Å²) in [6, 6.07) is 0. The Morgan fingerprint density at radius 3 is 1.70 bits per heavy atom. The molecule has 0 saturated heterocycles. The molecular formula is C9H12O. The second kappa shape index (κ2) is 10.6. The van der Waals surface area contributed by atoms with Crippen LogP contribution in [0.4, 0.5) is 0 Å². The molecule has 0 aromatic heterocycles. The quantitative estimate of drug-likeness (QED) is 0.426. The van der Waals surface area contributed by atoms with Gasteiger partial charge in [0, 0.05) is 12.8 Å². The van der Waals surface area contributed by atoms with Gasteiger partial charge in [-0.3, -0.25) is 4.79 Å². The van der Waals surface area contributed by atoms with E-state index in [-0.39, 0.29) is 5.78 Å². The minimum absolute atomic E-state index is 0.176. The second-order valence-electron chi connectivity index (χ2n) is 1.52. The molecule has 0 N–H and O–H groups in total. The van der Waals surface area contributed by atoms with Crippen molar-refractivity contribution < 1.29 is 4.79 Å². The van der Waals surface area contributed by atoms with Crippen molar-refractivity contribution in [2.75, 3.05) is 0 Å². The predicted molar refractivity (Wildman–Crippen MR) is 44.5 cm³/mol. The van der Waals surface area contributed by atoms with Crippen molar-refractivity contribution in [1.82, 2.24) is 0 Å². The van der Waals surface area contributed by atoms with Gasteiger partial charge in [-0.15, -0.1) is 26.0 Å². The topological polar surface area (TPSA) is 17.1 Å². The van der Waals surface area contributed by atoms with E-state index in [0.717, 1.165) is 0 Å². The lowest BCUT2D eigenvalue weighted by molar-refractivity contribution is -0.117. The number of allylic oxidation sites excluding steroid dienone is 2. The van der Waals surface area contributed by atoms with Crippen LogP contribution in [0.25, 0.3) is 0 Å². The van der Waals surface area contributed by atoms with Crippen LogP contribution in [0.3, 0.4) is 0 Å². The van der Waals surface area contributed by atoms with Crippen LogP contribution in [-0.2, 0) is 4.79 Å². The summed E-state index contributed by atoms with van der Waals surface area (Å²) in [4.78, 5) is 10.5. The fourth-order valence-corrected chi connectivity index (χ4v) is 0.405. The number of hydrogen-bond acceptors (Lipinski definition) is 1. The lowest BCUT2D eigenvalue weighted by atomic mass is 10.2. The molecule has 0 aromatic carbocycles. The molecule has 0 aliphatic carbocycles. The first-order valence-electron chi connectivity index (χ1n) is 2.88. The highest BCUT2D eigenvalue weighted by Gasteiger charge is 1.91. The summed E-state index contributed by atoms with van der Waals surface area (Å²) in [7, 11) is 0. The van der Waals surface area contributed by atoms with Crippen LogP contribution in [0.15, 0.2) is 25.3 Å². The average molecular weight is 136 g/mol. The summed E-state index contributed by atoms with van der Waals surface area (Å²) in [5, 5.41) is 0. The Morgan fingerprint density at radius 2 is 1.50 bits per heavy atom. The number of ketones is 1. The molecule has 0 unspecified atom stereocenters. The van der Waals surface area contributed by atoms with Crippen LogP contribution in [0.5, 0.6) is 0 Å². The fraction of sp³-hybridized carbons (Fsp3) is 0.222. The molecule has 0 aliphatic heterocycles. The van der Waals surface area contributed by atoms with Gasteiger partial charge < -0.3 is 0 Å². The van der Waals surface area contributed by atoms with Gasteiger partial charge in [-0.2, -0.15) is 0 Å². The van der Waals surface area contributed by atoms with E-state index in [0.29, 0.717) is 12.8 Å². The van der Waals surface area contributed by atoms with Crippen molar-refractivity contribution in [2.24, 2.45) is 0 Å². The van der Waals surface area contributed by atoms with Crippen LogP contribution in [0.2, 0.25) is 0 Å². The molecule has 0 radical (unpaired) electrons. The Morgan fingerprint density at radius 1 is 1.20 bits per heavy atom. The van der Waals surface area contributed by atoms with E-state index in [4.69, 9.17) is 0 Å². The van der Waals surface area contributed by atoms with Gasteiger partial charge in [0.15, 0.2) is 0 Å². The normalized spacial score (nSPS) is 6.60. The molecule has 0 bridgehead atoms. The molecule has 0 rings (SSSR count). The van der Waals surface area contributed by atoms with Crippen LogP contribution in [0.1, 0.15) is 12.8 Å². The van der Waals surface area contributed by atoms with Crippen molar-refractivity contribution >= 4 is 5.78 Å². The summed E-state index contributed by atoms with van der Waals surface area (Å²) < 4.78 is 0. The Labute approximate surface area is 62.4 Å². The molecule has 0 atom stereocenters. The molecule has 1 heteroatoms. The summed E-state index contributed by atoms with van der Waals surface area (Å²) in [6.07, 6.45) is 12.1. The second-order valence-corrected chi connectivity index (χ2v) is 1.52. The Bertz CT molecular complexity index is 119. The molecule has 1 nitrogen and oxygen atoms in total. The van der Waals surface area contributed by atoms with Gasteiger partial charge in [0.25, 0.3) is 0 Å². The summed E-state index contributed by atoms with van der Waals surface area (Å²) in [5.41, 5.74) is 0. The highest BCUT2D eigenvalue weighted by atomic mass is 16.1. The van der Waals surface area contributed by atoms with Crippen molar-refractivity contribution in [3.05, 3.63) is 25.3 Å². The number of Topliss-reactive ketones (excluding diaryl/α,β-unsaturated/α-hetero) is 1. The van der Waals surface area contributed by atoms with E-state index in [1.54, 1.807) is 12.2 Å². The summed E-state index contributed by atoms with van der Waals surface area (Å²) >= 11 is 0. The Balaban J connectivity index is 0. The lowest BCUT2D eigenvalue weighted by Crippen LogP contribution is -1.90. The van der Waals surface area contributed by atoms with E-state index < -0.39 is 0 Å². The minimum Gasteiger partial charge on any atom is -0.299 e. The van der Waals surface area contributed by atoms with Gasteiger partial charge in [0.05, 0.1) is 0 Å². The highest BCUT2D eigenvalue weighted by Crippen LogP contribution is 1.89. The smallest absolute Gasteiger partial charge is 0.140 e. The highest BCUT2D eigenvalue weighted by molar-refractivity contribution is 5.80. The van der Waals surface area contributed by atoms with Crippen LogP contribution >= 0.6 is 0 Å². The average Bonchev–Trinajstić information content (AvgIpc) is 1.93. The summed E-state index contributed by atoms with van der Waals surface area (Å²) in [6.45, 7) is 6.86. The first-order chi connectivity index (χ1) is 4.81. The largest absolute Gasteiger partial charge is 0.299 e. The molecule has 10 heavy (non-hydrogen) atoms. The molecule has 0 aliphatic rings. The maximum Gasteiger partial charge on any atom is 0.140 e. The number of carbonyl (C=O) groups is 1.